The number of phenolic OH excluding ortho intramolecular Hbond substituents is 1. The highest BCUT2D eigenvalue weighted by Crippen LogP contribution is 2.36. The number of benzene rings is 4. The van der Waals surface area contributed by atoms with Gasteiger partial charge in [-0.05, 0) is 40.6 Å². The summed E-state index contributed by atoms with van der Waals surface area (Å²) in [5.74, 6) is -0.787. The molecule has 5 aromatic rings. The fourth-order valence-corrected chi connectivity index (χ4v) is 4.04. The number of alkyl halides is 2. The first-order valence-corrected chi connectivity index (χ1v) is 10.4. The fraction of sp³-hybridized carbons (Fsp3) is 0.0769. The molecule has 0 spiro atoms. The minimum absolute atomic E-state index is 0.0634. The summed E-state index contributed by atoms with van der Waals surface area (Å²) in [5, 5.41) is 15.5. The third kappa shape index (κ3) is 3.89. The maximum Gasteiger partial charge on any atom is 0.295 e. The highest BCUT2D eigenvalue weighted by atomic mass is 19.3. The predicted octanol–water partition coefficient (Wildman–Crippen LogP) is 5.88. The van der Waals surface area contributed by atoms with E-state index in [4.69, 9.17) is 0 Å². The Bertz CT molecular complexity index is 1460. The van der Waals surface area contributed by atoms with Crippen LogP contribution in [0.25, 0.3) is 21.8 Å². The molecule has 0 saturated heterocycles. The van der Waals surface area contributed by atoms with E-state index in [1.54, 1.807) is 12.1 Å². The summed E-state index contributed by atoms with van der Waals surface area (Å²) >= 11 is 0. The maximum atomic E-state index is 13.3. The quantitative estimate of drug-likeness (QED) is 0.317. The minimum Gasteiger partial charge on any atom is -0.508 e. The highest BCUT2D eigenvalue weighted by Gasteiger charge is 2.23. The molecule has 1 aromatic heterocycles. The van der Waals surface area contributed by atoms with Crippen LogP contribution < -0.4 is 5.32 Å². The smallest absolute Gasteiger partial charge is 0.295 e. The molecule has 0 fully saturated rings. The molecule has 1 unspecified atom stereocenters. The van der Waals surface area contributed by atoms with Crippen LogP contribution in [0.15, 0.2) is 84.9 Å². The van der Waals surface area contributed by atoms with E-state index in [9.17, 15) is 18.7 Å². The van der Waals surface area contributed by atoms with E-state index >= 15 is 0 Å². The van der Waals surface area contributed by atoms with Gasteiger partial charge in [0.2, 0.25) is 0 Å². The lowest BCUT2D eigenvalue weighted by Gasteiger charge is -2.22. The fourth-order valence-electron chi connectivity index (χ4n) is 4.04. The number of nitrogens with zero attached hydrogens (tertiary/aromatic N) is 1. The standard InChI is InChI=1S/C26H19F2N3O2/c27-24(28)25-29-19-12-10-17(14-20(19)30-25)26(33)31-23(16-7-2-1-3-8-16)22-18-9-5-4-6-15(18)11-13-21(22)32/h1-14,23-24,32H,(H,29,30)(H,31,33). The van der Waals surface area contributed by atoms with E-state index in [1.807, 2.05) is 60.7 Å². The summed E-state index contributed by atoms with van der Waals surface area (Å²) < 4.78 is 26.0. The van der Waals surface area contributed by atoms with Crippen LogP contribution in [0, 0.1) is 0 Å². The molecule has 1 heterocycles. The van der Waals surface area contributed by atoms with Gasteiger partial charge in [-0.3, -0.25) is 4.79 Å². The topological polar surface area (TPSA) is 78.0 Å². The van der Waals surface area contributed by atoms with Crippen molar-refractivity contribution >= 4 is 27.7 Å². The Labute approximate surface area is 187 Å². The Morgan fingerprint density at radius 3 is 2.48 bits per heavy atom. The van der Waals surface area contributed by atoms with Crippen LogP contribution in [0.2, 0.25) is 0 Å². The third-order valence-electron chi connectivity index (χ3n) is 5.61. The second-order valence-corrected chi connectivity index (χ2v) is 7.69. The SMILES string of the molecule is O=C(NC(c1ccccc1)c1c(O)ccc2ccccc12)c1ccc2nc(C(F)F)[nH]c2c1. The van der Waals surface area contributed by atoms with Crippen LogP contribution in [-0.2, 0) is 0 Å². The zero-order valence-corrected chi connectivity index (χ0v) is 17.3. The van der Waals surface area contributed by atoms with E-state index in [0.717, 1.165) is 16.3 Å². The summed E-state index contributed by atoms with van der Waals surface area (Å²) in [6, 6.07) is 24.3. The van der Waals surface area contributed by atoms with E-state index in [1.165, 1.54) is 12.1 Å². The number of imidazole rings is 1. The number of rotatable bonds is 5. The number of fused-ring (bicyclic) bond motifs is 2. The van der Waals surface area contributed by atoms with Crippen LogP contribution in [0.5, 0.6) is 5.75 Å². The Hall–Kier alpha value is -4.26. The Morgan fingerprint density at radius 1 is 0.939 bits per heavy atom. The summed E-state index contributed by atoms with van der Waals surface area (Å²) in [4.78, 5) is 19.7. The van der Waals surface area contributed by atoms with Crippen molar-refractivity contribution in [3.63, 3.8) is 0 Å². The van der Waals surface area contributed by atoms with Gasteiger partial charge in [0.05, 0.1) is 17.1 Å². The molecule has 0 radical (unpaired) electrons. The van der Waals surface area contributed by atoms with Gasteiger partial charge in [0, 0.05) is 11.1 Å². The molecule has 7 heteroatoms. The number of aromatic nitrogens is 2. The van der Waals surface area contributed by atoms with Crippen molar-refractivity contribution in [1.29, 1.82) is 0 Å². The summed E-state index contributed by atoms with van der Waals surface area (Å²) in [7, 11) is 0. The highest BCUT2D eigenvalue weighted by molar-refractivity contribution is 5.98. The number of halogens is 2. The average molecular weight is 443 g/mol. The Kier molecular flexibility index (Phi) is 5.22. The van der Waals surface area contributed by atoms with Crippen LogP contribution in [0.1, 0.15) is 39.8 Å². The van der Waals surface area contributed by atoms with Crippen molar-refractivity contribution in [2.45, 2.75) is 12.5 Å². The number of H-pyrrole nitrogens is 1. The van der Waals surface area contributed by atoms with Gasteiger partial charge >= 0.3 is 0 Å². The van der Waals surface area contributed by atoms with Crippen molar-refractivity contribution in [2.75, 3.05) is 0 Å². The molecule has 33 heavy (non-hydrogen) atoms. The van der Waals surface area contributed by atoms with Crippen LogP contribution in [0.4, 0.5) is 8.78 Å². The molecule has 0 saturated carbocycles. The van der Waals surface area contributed by atoms with Crippen molar-refractivity contribution in [3.8, 4) is 5.75 Å². The molecule has 0 aliphatic rings. The van der Waals surface area contributed by atoms with Gasteiger partial charge in [0.25, 0.3) is 12.3 Å². The van der Waals surface area contributed by atoms with Gasteiger partial charge in [-0.25, -0.2) is 13.8 Å². The first kappa shape index (κ1) is 20.6. The van der Waals surface area contributed by atoms with E-state index in [0.29, 0.717) is 16.6 Å². The van der Waals surface area contributed by atoms with Crippen molar-refractivity contribution in [2.24, 2.45) is 0 Å². The molecule has 0 aliphatic heterocycles. The van der Waals surface area contributed by atoms with Gasteiger partial charge in [-0.15, -0.1) is 0 Å². The molecule has 1 atom stereocenters. The number of aromatic hydroxyl groups is 1. The first-order chi connectivity index (χ1) is 16.0. The second kappa shape index (κ2) is 8.35. The molecule has 5 nitrogen and oxygen atoms in total. The zero-order valence-electron chi connectivity index (χ0n) is 17.3. The number of hydrogen-bond donors (Lipinski definition) is 3. The van der Waals surface area contributed by atoms with Crippen LogP contribution in [-0.4, -0.2) is 21.0 Å². The Balaban J connectivity index is 1.58. The predicted molar refractivity (Wildman–Crippen MR) is 122 cm³/mol. The number of hydrogen-bond acceptors (Lipinski definition) is 3. The van der Waals surface area contributed by atoms with Gasteiger partial charge in [0.15, 0.2) is 5.82 Å². The van der Waals surface area contributed by atoms with Gasteiger partial charge in [-0.2, -0.15) is 0 Å². The number of nitrogens with one attached hydrogen (secondary N) is 2. The number of amides is 1. The normalized spacial score (nSPS) is 12.3. The maximum absolute atomic E-state index is 13.3. The first-order valence-electron chi connectivity index (χ1n) is 10.4. The second-order valence-electron chi connectivity index (χ2n) is 7.69. The molecule has 0 bridgehead atoms. The molecular formula is C26H19F2N3O2. The molecule has 164 valence electrons. The minimum atomic E-state index is -2.73. The van der Waals surface area contributed by atoms with E-state index in [2.05, 4.69) is 15.3 Å². The van der Waals surface area contributed by atoms with Crippen molar-refractivity contribution in [1.82, 2.24) is 15.3 Å². The summed E-state index contributed by atoms with van der Waals surface area (Å²) in [6.45, 7) is 0. The molecule has 0 aliphatic carbocycles. The summed E-state index contributed by atoms with van der Waals surface area (Å²) in [6.07, 6.45) is -2.73. The number of carbonyl (C=O) groups is 1. The van der Waals surface area contributed by atoms with Gasteiger partial charge in [-0.1, -0.05) is 60.7 Å². The molecular weight excluding hydrogens is 424 g/mol. The Morgan fingerprint density at radius 2 is 1.70 bits per heavy atom. The molecule has 1 amide bonds. The number of aromatic amines is 1. The third-order valence-corrected chi connectivity index (χ3v) is 5.61. The van der Waals surface area contributed by atoms with Crippen LogP contribution >= 0.6 is 0 Å². The summed E-state index contributed by atoms with van der Waals surface area (Å²) in [5.41, 5.74) is 2.36. The molecule has 4 aromatic carbocycles. The van der Waals surface area contributed by atoms with Gasteiger partial charge < -0.3 is 15.4 Å². The molecule has 5 rings (SSSR count). The monoisotopic (exact) mass is 443 g/mol. The number of phenols is 1. The van der Waals surface area contributed by atoms with Gasteiger partial charge in [0.1, 0.15) is 5.75 Å². The lowest BCUT2D eigenvalue weighted by Crippen LogP contribution is -2.29. The van der Waals surface area contributed by atoms with E-state index in [-0.39, 0.29) is 11.3 Å². The molecule has 3 N–H and O–H groups in total. The lowest BCUT2D eigenvalue weighted by molar-refractivity contribution is 0.0943. The lowest BCUT2D eigenvalue weighted by atomic mass is 9.92. The van der Waals surface area contributed by atoms with Crippen molar-refractivity contribution in [3.05, 3.63) is 107 Å². The van der Waals surface area contributed by atoms with Crippen molar-refractivity contribution < 1.29 is 18.7 Å². The average Bonchev–Trinajstić information content (AvgIpc) is 3.27. The number of carbonyl (C=O) groups excluding carboxylic acids is 1. The van der Waals surface area contributed by atoms with E-state index < -0.39 is 24.2 Å². The largest absolute Gasteiger partial charge is 0.508 e. The zero-order chi connectivity index (χ0) is 22.9. The van der Waals surface area contributed by atoms with Crippen LogP contribution in [0.3, 0.4) is 0 Å².